The van der Waals surface area contributed by atoms with Gasteiger partial charge in [0, 0.05) is 22.7 Å². The van der Waals surface area contributed by atoms with E-state index in [1.807, 2.05) is 0 Å². The van der Waals surface area contributed by atoms with Crippen LogP contribution >= 0.6 is 11.6 Å². The quantitative estimate of drug-likeness (QED) is 0.503. The Labute approximate surface area is 176 Å². The summed E-state index contributed by atoms with van der Waals surface area (Å²) < 4.78 is 33.8. The van der Waals surface area contributed by atoms with Crippen molar-refractivity contribution >= 4 is 43.9 Å². The molecule has 0 saturated carbocycles. The maximum atomic E-state index is 13.7. The fourth-order valence-electron chi connectivity index (χ4n) is 2.93. The zero-order valence-corrected chi connectivity index (χ0v) is 17.1. The number of aromatic nitrogens is 4. The molecule has 2 aromatic heterocycles. The second-order valence-electron chi connectivity index (χ2n) is 6.10. The molecule has 0 bridgehead atoms. The lowest BCUT2D eigenvalue weighted by Gasteiger charge is -2.25. The third-order valence-electron chi connectivity index (χ3n) is 4.31. The Kier molecular flexibility index (Phi) is 5.10. The minimum absolute atomic E-state index is 0.0781. The number of aromatic amines is 1. The number of ether oxygens (including phenoxy) is 1. The van der Waals surface area contributed by atoms with E-state index >= 15 is 0 Å². The highest BCUT2D eigenvalue weighted by atomic mass is 35.5. The van der Waals surface area contributed by atoms with Gasteiger partial charge in [0.15, 0.2) is 5.82 Å². The molecule has 0 unspecified atom stereocenters. The van der Waals surface area contributed by atoms with Crippen molar-refractivity contribution in [1.82, 2.24) is 20.2 Å². The molecule has 0 radical (unpaired) electrons. The van der Waals surface area contributed by atoms with Crippen LogP contribution in [0.3, 0.4) is 0 Å². The molecule has 0 aliphatic carbocycles. The number of hydrogen-bond acceptors (Lipinski definition) is 7. The molecule has 0 saturated heterocycles. The summed E-state index contributed by atoms with van der Waals surface area (Å²) in [6.45, 7) is 0. The van der Waals surface area contributed by atoms with Gasteiger partial charge in [0.2, 0.25) is 0 Å². The molecule has 2 heterocycles. The maximum absolute atomic E-state index is 13.7. The number of fused-ring (bicyclic) bond motifs is 1. The fourth-order valence-corrected chi connectivity index (χ4v) is 4.57. The number of halogens is 1. The van der Waals surface area contributed by atoms with E-state index in [-0.39, 0.29) is 27.5 Å². The molecule has 11 heteroatoms. The van der Waals surface area contributed by atoms with Crippen LogP contribution in [0.15, 0.2) is 70.9 Å². The minimum Gasteiger partial charge on any atom is -0.495 e. The van der Waals surface area contributed by atoms with Crippen molar-refractivity contribution in [2.24, 2.45) is 0 Å². The molecule has 0 spiro atoms. The molecule has 2 aromatic carbocycles. The number of H-pyrrole nitrogens is 1. The minimum atomic E-state index is -4.23. The summed E-state index contributed by atoms with van der Waals surface area (Å²) in [4.78, 5) is 19.9. The van der Waals surface area contributed by atoms with Crippen LogP contribution in [0, 0.1) is 0 Å². The molecule has 152 valence electrons. The van der Waals surface area contributed by atoms with E-state index in [0.717, 1.165) is 4.31 Å². The monoisotopic (exact) mass is 443 g/mol. The molecular weight excluding hydrogens is 430 g/mol. The highest BCUT2D eigenvalue weighted by Gasteiger charge is 2.30. The SMILES string of the molecule is COc1ccc(Cl)cc1N(c1ccncn1)S(=O)(=O)c1ccc2cn[nH]c(=O)c2c1. The highest BCUT2D eigenvalue weighted by Crippen LogP contribution is 2.39. The summed E-state index contributed by atoms with van der Waals surface area (Å²) >= 11 is 6.14. The van der Waals surface area contributed by atoms with Gasteiger partial charge in [-0.3, -0.25) is 4.79 Å². The molecule has 9 nitrogen and oxygen atoms in total. The standard InChI is InChI=1S/C19H14ClN5O4S/c1-29-17-5-3-13(20)8-16(17)25(18-6-7-21-11-22-18)30(27,28)14-4-2-12-10-23-24-19(26)15(12)9-14/h2-11H,1H3,(H,24,26). The van der Waals surface area contributed by atoms with Crippen LogP contribution < -0.4 is 14.6 Å². The molecular formula is C19H14ClN5O4S. The topological polar surface area (TPSA) is 118 Å². The van der Waals surface area contributed by atoms with Crippen molar-refractivity contribution in [3.63, 3.8) is 0 Å². The molecule has 0 fully saturated rings. The third kappa shape index (κ3) is 3.46. The Hall–Kier alpha value is -3.50. The van der Waals surface area contributed by atoms with Gasteiger partial charge in [0.05, 0.1) is 23.6 Å². The van der Waals surface area contributed by atoms with Crippen molar-refractivity contribution in [3.8, 4) is 5.75 Å². The van der Waals surface area contributed by atoms with Crippen molar-refractivity contribution in [1.29, 1.82) is 0 Å². The lowest BCUT2D eigenvalue weighted by molar-refractivity contribution is 0.416. The predicted octanol–water partition coefficient (Wildman–Crippen LogP) is 2.90. The number of nitrogens with one attached hydrogen (secondary N) is 1. The van der Waals surface area contributed by atoms with Gasteiger partial charge in [-0.05, 0) is 30.3 Å². The number of methoxy groups -OCH3 is 1. The van der Waals surface area contributed by atoms with Gasteiger partial charge < -0.3 is 4.74 Å². The summed E-state index contributed by atoms with van der Waals surface area (Å²) in [6.07, 6.45) is 4.08. The fraction of sp³-hybridized carbons (Fsp3) is 0.0526. The first kappa shape index (κ1) is 19.8. The molecule has 4 rings (SSSR count). The first-order valence-electron chi connectivity index (χ1n) is 8.54. The Bertz CT molecular complexity index is 1390. The zero-order chi connectivity index (χ0) is 21.3. The van der Waals surface area contributed by atoms with Gasteiger partial charge in [0.1, 0.15) is 17.8 Å². The van der Waals surface area contributed by atoms with E-state index in [0.29, 0.717) is 10.4 Å². The molecule has 0 atom stereocenters. The van der Waals surface area contributed by atoms with Crippen molar-refractivity contribution in [2.45, 2.75) is 4.90 Å². The average Bonchev–Trinajstić information content (AvgIpc) is 2.75. The molecule has 30 heavy (non-hydrogen) atoms. The predicted molar refractivity (Wildman–Crippen MR) is 112 cm³/mol. The number of rotatable bonds is 5. The van der Waals surface area contributed by atoms with E-state index in [4.69, 9.17) is 16.3 Å². The van der Waals surface area contributed by atoms with Gasteiger partial charge in [0.25, 0.3) is 15.6 Å². The van der Waals surface area contributed by atoms with Crippen molar-refractivity contribution in [2.75, 3.05) is 11.4 Å². The van der Waals surface area contributed by atoms with Crippen LogP contribution in [0.2, 0.25) is 5.02 Å². The van der Waals surface area contributed by atoms with Gasteiger partial charge >= 0.3 is 0 Å². The van der Waals surface area contributed by atoms with Crippen LogP contribution in [-0.2, 0) is 10.0 Å². The summed E-state index contributed by atoms with van der Waals surface area (Å²) in [5.41, 5.74) is -0.342. The second kappa shape index (κ2) is 7.73. The van der Waals surface area contributed by atoms with E-state index in [1.165, 1.54) is 56.2 Å². The molecule has 4 aromatic rings. The van der Waals surface area contributed by atoms with Gasteiger partial charge in [-0.15, -0.1) is 0 Å². The van der Waals surface area contributed by atoms with Gasteiger partial charge in [-0.1, -0.05) is 17.7 Å². The number of sulfonamides is 1. The first-order valence-corrected chi connectivity index (χ1v) is 10.4. The van der Waals surface area contributed by atoms with Crippen LogP contribution in [0.5, 0.6) is 5.75 Å². The van der Waals surface area contributed by atoms with E-state index in [9.17, 15) is 13.2 Å². The number of anilines is 2. The summed E-state index contributed by atoms with van der Waals surface area (Å²) in [7, 11) is -2.82. The Morgan fingerprint density at radius 2 is 1.97 bits per heavy atom. The van der Waals surface area contributed by atoms with Crippen molar-refractivity contribution in [3.05, 3.63) is 76.6 Å². The summed E-state index contributed by atoms with van der Waals surface area (Å²) in [5.74, 6) is 0.346. The Balaban J connectivity index is 1.99. The number of nitrogens with zero attached hydrogens (tertiary/aromatic N) is 4. The molecule has 0 aliphatic rings. The third-order valence-corrected chi connectivity index (χ3v) is 6.26. The van der Waals surface area contributed by atoms with Crippen LogP contribution in [0.25, 0.3) is 10.8 Å². The first-order chi connectivity index (χ1) is 14.4. The summed E-state index contributed by atoms with van der Waals surface area (Å²) in [6, 6.07) is 10.2. The van der Waals surface area contributed by atoms with E-state index < -0.39 is 15.6 Å². The lowest BCUT2D eigenvalue weighted by atomic mass is 10.2. The Morgan fingerprint density at radius 3 is 2.70 bits per heavy atom. The smallest absolute Gasteiger partial charge is 0.272 e. The van der Waals surface area contributed by atoms with E-state index in [1.54, 1.807) is 12.1 Å². The lowest BCUT2D eigenvalue weighted by Crippen LogP contribution is -2.27. The van der Waals surface area contributed by atoms with E-state index in [2.05, 4.69) is 20.2 Å². The highest BCUT2D eigenvalue weighted by molar-refractivity contribution is 7.93. The van der Waals surface area contributed by atoms with Crippen LogP contribution in [0.4, 0.5) is 11.5 Å². The average molecular weight is 444 g/mol. The summed E-state index contributed by atoms with van der Waals surface area (Å²) in [5, 5.41) is 7.02. The van der Waals surface area contributed by atoms with Crippen molar-refractivity contribution < 1.29 is 13.2 Å². The number of benzene rings is 2. The van der Waals surface area contributed by atoms with Gasteiger partial charge in [-0.2, -0.15) is 5.10 Å². The normalized spacial score (nSPS) is 11.4. The van der Waals surface area contributed by atoms with Crippen LogP contribution in [-0.4, -0.2) is 35.7 Å². The molecule has 0 aliphatic heterocycles. The maximum Gasteiger partial charge on any atom is 0.272 e. The van der Waals surface area contributed by atoms with Crippen LogP contribution in [0.1, 0.15) is 0 Å². The Morgan fingerprint density at radius 1 is 1.13 bits per heavy atom. The second-order valence-corrected chi connectivity index (χ2v) is 8.32. The molecule has 1 N–H and O–H groups in total. The largest absolute Gasteiger partial charge is 0.495 e. The zero-order valence-electron chi connectivity index (χ0n) is 15.5. The number of hydrogen-bond donors (Lipinski definition) is 1. The molecule has 0 amide bonds. The van der Waals surface area contributed by atoms with Gasteiger partial charge in [-0.25, -0.2) is 27.8 Å².